The lowest BCUT2D eigenvalue weighted by Crippen LogP contribution is -2.05. The van der Waals surface area contributed by atoms with Crippen LogP contribution in [-0.2, 0) is 19.9 Å². The lowest BCUT2D eigenvalue weighted by Gasteiger charge is -2.10. The molecule has 0 aliphatic heterocycles. The topological polar surface area (TPSA) is 43.9 Å². The van der Waals surface area contributed by atoms with Crippen molar-refractivity contribution in [3.8, 4) is 11.4 Å². The van der Waals surface area contributed by atoms with Gasteiger partial charge in [0.15, 0.2) is 5.69 Å². The molecule has 0 fully saturated rings. The standard InChI is InChI=1S/C13H11N3O/c1-16-11-5-3-2-4-8(11)9-6-7-10-12(13(9)16)15-17-14-10/h2-5H,6-7H2,1H3. The van der Waals surface area contributed by atoms with Gasteiger partial charge in [-0.2, -0.15) is 0 Å². The third kappa shape index (κ3) is 1.02. The molecule has 1 aliphatic rings. The molecule has 4 nitrogen and oxygen atoms in total. The lowest BCUT2D eigenvalue weighted by atomic mass is 9.96. The maximum atomic E-state index is 4.86. The number of aromatic nitrogens is 3. The van der Waals surface area contributed by atoms with E-state index < -0.39 is 0 Å². The van der Waals surface area contributed by atoms with Crippen molar-refractivity contribution in [2.24, 2.45) is 7.05 Å². The predicted molar refractivity (Wildman–Crippen MR) is 63.6 cm³/mol. The van der Waals surface area contributed by atoms with Gasteiger partial charge in [0.25, 0.3) is 0 Å². The molecular formula is C13H11N3O. The van der Waals surface area contributed by atoms with Crippen LogP contribution in [0.2, 0.25) is 0 Å². The van der Waals surface area contributed by atoms with E-state index in [1.54, 1.807) is 0 Å². The zero-order chi connectivity index (χ0) is 11.4. The molecule has 2 heterocycles. The maximum Gasteiger partial charge on any atom is 0.154 e. The van der Waals surface area contributed by atoms with Crippen molar-refractivity contribution in [2.75, 3.05) is 0 Å². The average molecular weight is 225 g/mol. The van der Waals surface area contributed by atoms with Crippen LogP contribution in [0, 0.1) is 0 Å². The zero-order valence-electron chi connectivity index (χ0n) is 9.47. The first kappa shape index (κ1) is 8.98. The lowest BCUT2D eigenvalue weighted by molar-refractivity contribution is 0.304. The van der Waals surface area contributed by atoms with Gasteiger partial charge in [-0.1, -0.05) is 23.4 Å². The first-order valence-corrected chi connectivity index (χ1v) is 5.74. The highest BCUT2D eigenvalue weighted by atomic mass is 16.6. The zero-order valence-corrected chi connectivity index (χ0v) is 9.47. The molecule has 84 valence electrons. The molecular weight excluding hydrogens is 214 g/mol. The fourth-order valence-electron chi connectivity index (χ4n) is 2.82. The van der Waals surface area contributed by atoms with E-state index in [9.17, 15) is 0 Å². The van der Waals surface area contributed by atoms with Gasteiger partial charge in [0.2, 0.25) is 0 Å². The van der Waals surface area contributed by atoms with E-state index in [1.165, 1.54) is 16.5 Å². The van der Waals surface area contributed by atoms with Gasteiger partial charge in [-0.15, -0.1) is 0 Å². The van der Waals surface area contributed by atoms with E-state index >= 15 is 0 Å². The summed E-state index contributed by atoms with van der Waals surface area (Å²) in [5.74, 6) is 0. The first-order valence-electron chi connectivity index (χ1n) is 5.74. The molecule has 0 amide bonds. The number of rotatable bonds is 0. The van der Waals surface area contributed by atoms with Crippen LogP contribution in [0.15, 0.2) is 28.9 Å². The Morgan fingerprint density at radius 1 is 1.18 bits per heavy atom. The number of benzene rings is 1. The molecule has 17 heavy (non-hydrogen) atoms. The van der Waals surface area contributed by atoms with Crippen molar-refractivity contribution < 1.29 is 4.63 Å². The normalized spacial score (nSPS) is 13.7. The fraction of sp³-hybridized carbons (Fsp3) is 0.231. The van der Waals surface area contributed by atoms with Crippen LogP contribution in [0.4, 0.5) is 0 Å². The summed E-state index contributed by atoms with van der Waals surface area (Å²) in [7, 11) is 2.07. The Morgan fingerprint density at radius 2 is 2.06 bits per heavy atom. The number of nitrogens with zero attached hydrogens (tertiary/aromatic N) is 3. The first-order chi connectivity index (χ1) is 8.36. The third-order valence-corrected chi connectivity index (χ3v) is 3.60. The van der Waals surface area contributed by atoms with Crippen LogP contribution in [0.5, 0.6) is 0 Å². The monoisotopic (exact) mass is 225 g/mol. The van der Waals surface area contributed by atoms with Crippen LogP contribution >= 0.6 is 0 Å². The van der Waals surface area contributed by atoms with E-state index in [1.807, 2.05) is 0 Å². The number of hydrogen-bond donors (Lipinski definition) is 0. The van der Waals surface area contributed by atoms with Crippen molar-refractivity contribution in [3.63, 3.8) is 0 Å². The quantitative estimate of drug-likeness (QED) is 0.589. The van der Waals surface area contributed by atoms with Crippen molar-refractivity contribution in [2.45, 2.75) is 12.8 Å². The summed E-state index contributed by atoms with van der Waals surface area (Å²) in [6.45, 7) is 0. The molecule has 1 aliphatic carbocycles. The summed E-state index contributed by atoms with van der Waals surface area (Å²) in [4.78, 5) is 0. The van der Waals surface area contributed by atoms with Crippen LogP contribution in [-0.4, -0.2) is 14.9 Å². The molecule has 0 saturated carbocycles. The Kier molecular flexibility index (Phi) is 1.57. The molecule has 0 saturated heterocycles. The Labute approximate surface area is 97.8 Å². The molecule has 0 bridgehead atoms. The van der Waals surface area contributed by atoms with Crippen LogP contribution in [0.3, 0.4) is 0 Å². The molecule has 3 aromatic rings. The van der Waals surface area contributed by atoms with Gasteiger partial charge in [0.1, 0.15) is 5.69 Å². The van der Waals surface area contributed by atoms with Crippen molar-refractivity contribution in [1.29, 1.82) is 0 Å². The molecule has 0 N–H and O–H groups in total. The number of para-hydroxylation sites is 1. The fourth-order valence-corrected chi connectivity index (χ4v) is 2.82. The summed E-state index contributed by atoms with van der Waals surface area (Å²) in [6.07, 6.45) is 1.93. The molecule has 0 spiro atoms. The van der Waals surface area contributed by atoms with Crippen molar-refractivity contribution in [3.05, 3.63) is 35.5 Å². The van der Waals surface area contributed by atoms with E-state index in [4.69, 9.17) is 4.63 Å². The minimum atomic E-state index is 0.907. The molecule has 4 rings (SSSR count). The molecule has 0 atom stereocenters. The highest BCUT2D eigenvalue weighted by Crippen LogP contribution is 2.37. The maximum absolute atomic E-state index is 4.86. The average Bonchev–Trinajstić information content (AvgIpc) is 2.93. The van der Waals surface area contributed by atoms with Crippen LogP contribution < -0.4 is 0 Å². The second kappa shape index (κ2) is 2.97. The van der Waals surface area contributed by atoms with Gasteiger partial charge in [-0.25, -0.2) is 4.63 Å². The van der Waals surface area contributed by atoms with Gasteiger partial charge in [-0.3, -0.25) is 0 Å². The number of hydrogen-bond acceptors (Lipinski definition) is 3. The second-order valence-electron chi connectivity index (χ2n) is 4.46. The van der Waals surface area contributed by atoms with Crippen molar-refractivity contribution in [1.82, 2.24) is 14.9 Å². The van der Waals surface area contributed by atoms with E-state index in [-0.39, 0.29) is 0 Å². The number of aryl methyl sites for hydroxylation is 3. The highest BCUT2D eigenvalue weighted by molar-refractivity contribution is 5.92. The Morgan fingerprint density at radius 3 is 3.00 bits per heavy atom. The van der Waals surface area contributed by atoms with E-state index in [0.29, 0.717) is 0 Å². The second-order valence-corrected chi connectivity index (χ2v) is 4.46. The summed E-state index contributed by atoms with van der Waals surface area (Å²) in [5.41, 5.74) is 5.65. The summed E-state index contributed by atoms with van der Waals surface area (Å²) in [5, 5.41) is 9.33. The smallest absolute Gasteiger partial charge is 0.154 e. The molecule has 1 aromatic carbocycles. The summed E-state index contributed by atoms with van der Waals surface area (Å²) < 4.78 is 7.05. The highest BCUT2D eigenvalue weighted by Gasteiger charge is 2.26. The molecule has 0 radical (unpaired) electrons. The number of fused-ring (bicyclic) bond motifs is 5. The van der Waals surface area contributed by atoms with Gasteiger partial charge < -0.3 is 4.57 Å². The molecule has 2 aromatic heterocycles. The van der Waals surface area contributed by atoms with Crippen LogP contribution in [0.25, 0.3) is 22.3 Å². The minimum Gasteiger partial charge on any atom is -0.342 e. The minimum absolute atomic E-state index is 0.907. The van der Waals surface area contributed by atoms with Crippen molar-refractivity contribution >= 4 is 10.9 Å². The molecule has 0 unspecified atom stereocenters. The van der Waals surface area contributed by atoms with Gasteiger partial charge in [0.05, 0.1) is 5.69 Å². The van der Waals surface area contributed by atoms with Gasteiger partial charge in [0, 0.05) is 18.0 Å². The Hall–Kier alpha value is -2.10. The predicted octanol–water partition coefficient (Wildman–Crippen LogP) is 2.33. The van der Waals surface area contributed by atoms with E-state index in [2.05, 4.69) is 46.2 Å². The SMILES string of the molecule is Cn1c2c(c3ccccc31)CCc1nonc1-2. The van der Waals surface area contributed by atoms with E-state index in [0.717, 1.165) is 29.9 Å². The van der Waals surface area contributed by atoms with Gasteiger partial charge in [-0.05, 0) is 29.6 Å². The largest absolute Gasteiger partial charge is 0.342 e. The Balaban J connectivity index is 2.19. The third-order valence-electron chi connectivity index (χ3n) is 3.60. The molecule has 4 heteroatoms. The summed E-state index contributed by atoms with van der Waals surface area (Å²) >= 11 is 0. The summed E-state index contributed by atoms with van der Waals surface area (Å²) in [6, 6.07) is 8.46. The van der Waals surface area contributed by atoms with Gasteiger partial charge >= 0.3 is 0 Å². The Bertz CT molecular complexity index is 723. The van der Waals surface area contributed by atoms with Crippen LogP contribution in [0.1, 0.15) is 11.3 Å².